The van der Waals surface area contributed by atoms with Crippen molar-refractivity contribution in [3.05, 3.63) is 34.9 Å². The topological polar surface area (TPSA) is 17.1 Å². The summed E-state index contributed by atoms with van der Waals surface area (Å²) >= 11 is 3.34. The summed E-state index contributed by atoms with van der Waals surface area (Å²) in [5.74, 6) is 0.282. The number of rotatable bonds is 2. The van der Waals surface area contributed by atoms with Gasteiger partial charge in [-0.15, -0.1) is 0 Å². The molecule has 1 rings (SSSR count). The minimum atomic E-state index is 0.282. The standard InChI is InChI=1S/C10H11BrO/c1-2-4-9(11)7-8-5-3-6-10(8)12/h2,4,7H,1,3,5-6H2/b8-7+,9-4+. The van der Waals surface area contributed by atoms with Crippen LogP contribution in [0, 0.1) is 0 Å². The second-order valence-electron chi connectivity index (χ2n) is 2.73. The van der Waals surface area contributed by atoms with Crippen LogP contribution in [0.4, 0.5) is 0 Å². The lowest BCUT2D eigenvalue weighted by Gasteiger charge is -1.92. The molecule has 1 nitrogen and oxygen atoms in total. The van der Waals surface area contributed by atoms with Gasteiger partial charge in [-0.1, -0.05) is 28.6 Å². The highest BCUT2D eigenvalue weighted by Gasteiger charge is 2.16. The lowest BCUT2D eigenvalue weighted by atomic mass is 10.2. The molecular formula is C10H11BrO. The monoisotopic (exact) mass is 226 g/mol. The molecule has 0 saturated heterocycles. The molecule has 1 aliphatic rings. The number of carbonyl (C=O) groups is 1. The SMILES string of the molecule is C=C/C=C(Br)\C=C1/CCCC1=O. The molecule has 1 saturated carbocycles. The van der Waals surface area contributed by atoms with E-state index in [1.54, 1.807) is 6.08 Å². The van der Waals surface area contributed by atoms with E-state index >= 15 is 0 Å². The van der Waals surface area contributed by atoms with E-state index in [1.807, 2.05) is 12.2 Å². The van der Waals surface area contributed by atoms with Gasteiger partial charge in [-0.25, -0.2) is 0 Å². The molecule has 0 heterocycles. The van der Waals surface area contributed by atoms with Gasteiger partial charge in [0.05, 0.1) is 0 Å². The summed E-state index contributed by atoms with van der Waals surface area (Å²) in [6.45, 7) is 3.57. The van der Waals surface area contributed by atoms with Crippen molar-refractivity contribution in [3.8, 4) is 0 Å². The van der Waals surface area contributed by atoms with Crippen LogP contribution < -0.4 is 0 Å². The molecule has 0 radical (unpaired) electrons. The Morgan fingerprint density at radius 2 is 2.25 bits per heavy atom. The smallest absolute Gasteiger partial charge is 0.158 e. The zero-order valence-corrected chi connectivity index (χ0v) is 8.43. The first-order chi connectivity index (χ1) is 5.74. The van der Waals surface area contributed by atoms with Crippen LogP contribution in [0.25, 0.3) is 0 Å². The van der Waals surface area contributed by atoms with E-state index in [9.17, 15) is 4.79 Å². The van der Waals surface area contributed by atoms with Crippen LogP contribution in [-0.4, -0.2) is 5.78 Å². The number of hydrogen-bond acceptors (Lipinski definition) is 1. The van der Waals surface area contributed by atoms with Gasteiger partial charge in [0.2, 0.25) is 0 Å². The molecule has 0 aromatic heterocycles. The van der Waals surface area contributed by atoms with E-state index in [1.165, 1.54) is 0 Å². The minimum absolute atomic E-state index is 0.282. The zero-order valence-electron chi connectivity index (χ0n) is 6.85. The van der Waals surface area contributed by atoms with Gasteiger partial charge in [0.25, 0.3) is 0 Å². The summed E-state index contributed by atoms with van der Waals surface area (Å²) in [6.07, 6.45) is 8.04. The molecule has 0 bridgehead atoms. The van der Waals surface area contributed by atoms with Crippen molar-refractivity contribution in [1.29, 1.82) is 0 Å². The largest absolute Gasteiger partial charge is 0.295 e. The average molecular weight is 227 g/mol. The number of carbonyl (C=O) groups excluding carboxylic acids is 1. The van der Waals surface area contributed by atoms with Crippen LogP contribution in [0.3, 0.4) is 0 Å². The molecule has 1 fully saturated rings. The maximum absolute atomic E-state index is 11.2. The molecule has 1 aliphatic carbocycles. The number of ketones is 1. The second kappa shape index (κ2) is 4.41. The molecule has 0 aliphatic heterocycles. The third kappa shape index (κ3) is 2.45. The average Bonchev–Trinajstić information content (AvgIpc) is 2.37. The van der Waals surface area contributed by atoms with E-state index in [0.29, 0.717) is 6.42 Å². The highest BCUT2D eigenvalue weighted by atomic mass is 79.9. The van der Waals surface area contributed by atoms with Gasteiger partial charge in [-0.05, 0) is 30.6 Å². The van der Waals surface area contributed by atoms with Gasteiger partial charge in [0.15, 0.2) is 5.78 Å². The van der Waals surface area contributed by atoms with E-state index < -0.39 is 0 Å². The van der Waals surface area contributed by atoms with Crippen molar-refractivity contribution in [2.75, 3.05) is 0 Å². The van der Waals surface area contributed by atoms with Gasteiger partial charge in [0.1, 0.15) is 0 Å². The van der Waals surface area contributed by atoms with Gasteiger partial charge < -0.3 is 0 Å². The molecule has 64 valence electrons. The van der Waals surface area contributed by atoms with Crippen molar-refractivity contribution in [2.24, 2.45) is 0 Å². The molecule has 0 amide bonds. The molecule has 2 heteroatoms. The Morgan fingerprint density at radius 1 is 1.50 bits per heavy atom. The lowest BCUT2D eigenvalue weighted by Crippen LogP contribution is -1.90. The van der Waals surface area contributed by atoms with Crippen LogP contribution in [0.15, 0.2) is 34.9 Å². The van der Waals surface area contributed by atoms with Crippen LogP contribution in [0.1, 0.15) is 19.3 Å². The Hall–Kier alpha value is -0.630. The number of hydrogen-bond donors (Lipinski definition) is 0. The third-order valence-corrected chi connectivity index (χ3v) is 2.29. The van der Waals surface area contributed by atoms with Crippen LogP contribution in [0.5, 0.6) is 0 Å². The summed E-state index contributed by atoms with van der Waals surface area (Å²) < 4.78 is 0.919. The van der Waals surface area contributed by atoms with Crippen molar-refractivity contribution in [1.82, 2.24) is 0 Å². The van der Waals surface area contributed by atoms with Gasteiger partial charge in [-0.3, -0.25) is 4.79 Å². The number of halogens is 1. The first-order valence-corrected chi connectivity index (χ1v) is 4.75. The first-order valence-electron chi connectivity index (χ1n) is 3.96. The summed E-state index contributed by atoms with van der Waals surface area (Å²) in [5.41, 5.74) is 0.931. The molecule has 0 atom stereocenters. The molecule has 0 N–H and O–H groups in total. The van der Waals surface area contributed by atoms with Gasteiger partial charge >= 0.3 is 0 Å². The summed E-state index contributed by atoms with van der Waals surface area (Å²) in [5, 5.41) is 0. The maximum atomic E-state index is 11.2. The van der Waals surface area contributed by atoms with Gasteiger partial charge in [0, 0.05) is 10.9 Å². The van der Waals surface area contributed by atoms with Gasteiger partial charge in [-0.2, -0.15) is 0 Å². The minimum Gasteiger partial charge on any atom is -0.295 e. The Balaban J connectivity index is 2.73. The van der Waals surface area contributed by atoms with E-state index in [-0.39, 0.29) is 5.78 Å². The van der Waals surface area contributed by atoms with Crippen molar-refractivity contribution < 1.29 is 4.79 Å². The van der Waals surface area contributed by atoms with Crippen molar-refractivity contribution in [3.63, 3.8) is 0 Å². The fourth-order valence-electron chi connectivity index (χ4n) is 1.22. The molecule has 0 spiro atoms. The predicted octanol–water partition coefficient (Wildman–Crippen LogP) is 3.13. The summed E-state index contributed by atoms with van der Waals surface area (Å²) in [4.78, 5) is 11.2. The lowest BCUT2D eigenvalue weighted by molar-refractivity contribution is -0.114. The predicted molar refractivity (Wildman–Crippen MR) is 54.1 cm³/mol. The first kappa shape index (κ1) is 9.46. The van der Waals surface area contributed by atoms with Crippen molar-refractivity contribution >= 4 is 21.7 Å². The quantitative estimate of drug-likeness (QED) is 0.523. The highest BCUT2D eigenvalue weighted by Crippen LogP contribution is 2.23. The third-order valence-electron chi connectivity index (χ3n) is 1.80. The molecule has 0 aromatic rings. The molecular weight excluding hydrogens is 216 g/mol. The molecule has 0 aromatic carbocycles. The summed E-state index contributed by atoms with van der Waals surface area (Å²) in [6, 6.07) is 0. The zero-order chi connectivity index (χ0) is 8.97. The molecule has 0 unspecified atom stereocenters. The van der Waals surface area contributed by atoms with Crippen LogP contribution in [0.2, 0.25) is 0 Å². The second-order valence-corrected chi connectivity index (χ2v) is 3.65. The number of Topliss-reactive ketones (excluding diaryl/α,β-unsaturated/α-hetero) is 1. The van der Waals surface area contributed by atoms with E-state index in [0.717, 1.165) is 22.9 Å². The fraction of sp³-hybridized carbons (Fsp3) is 0.300. The maximum Gasteiger partial charge on any atom is 0.158 e. The Bertz CT molecular complexity index is 261. The Labute approximate surface area is 81.0 Å². The Morgan fingerprint density at radius 3 is 2.75 bits per heavy atom. The van der Waals surface area contributed by atoms with E-state index in [4.69, 9.17) is 0 Å². The Kier molecular flexibility index (Phi) is 3.48. The highest BCUT2D eigenvalue weighted by molar-refractivity contribution is 9.11. The van der Waals surface area contributed by atoms with Crippen LogP contribution in [-0.2, 0) is 4.79 Å². The van der Waals surface area contributed by atoms with Crippen molar-refractivity contribution in [2.45, 2.75) is 19.3 Å². The van der Waals surface area contributed by atoms with E-state index in [2.05, 4.69) is 22.5 Å². The number of allylic oxidation sites excluding steroid dienone is 5. The normalized spacial score (nSPS) is 21.9. The van der Waals surface area contributed by atoms with Crippen LogP contribution >= 0.6 is 15.9 Å². The molecule has 12 heavy (non-hydrogen) atoms. The summed E-state index contributed by atoms with van der Waals surface area (Å²) in [7, 11) is 0. The fourth-order valence-corrected chi connectivity index (χ4v) is 1.68.